The summed E-state index contributed by atoms with van der Waals surface area (Å²) in [4.78, 5) is 11.7. The molecule has 4 heteroatoms. The number of methoxy groups -OCH3 is 1. The van der Waals surface area contributed by atoms with Gasteiger partial charge >= 0.3 is 154 Å². The SMILES string of the molecule is CCC[CH2][Sn]([CH2]CCC)([CH2]CCC)[C](=C/CO)/C(C)=C/C(=O)OC. The van der Waals surface area contributed by atoms with Crippen molar-refractivity contribution in [1.82, 2.24) is 0 Å². The van der Waals surface area contributed by atoms with Crippen LogP contribution in [-0.2, 0) is 9.53 Å². The van der Waals surface area contributed by atoms with E-state index in [0.717, 1.165) is 5.57 Å². The van der Waals surface area contributed by atoms with Gasteiger partial charge in [0, 0.05) is 0 Å². The van der Waals surface area contributed by atoms with Gasteiger partial charge < -0.3 is 0 Å². The molecule has 0 aromatic carbocycles. The fourth-order valence-corrected chi connectivity index (χ4v) is 20.9. The predicted octanol–water partition coefficient (Wildman–Crippen LogP) is 5.41. The molecule has 0 aliphatic heterocycles. The summed E-state index contributed by atoms with van der Waals surface area (Å²) in [7, 11) is 1.42. The zero-order valence-electron chi connectivity index (χ0n) is 16.5. The molecule has 0 saturated heterocycles. The Kier molecular flexibility index (Phi) is 13.8. The van der Waals surface area contributed by atoms with Crippen LogP contribution in [0, 0.1) is 0 Å². The van der Waals surface area contributed by atoms with E-state index < -0.39 is 18.4 Å². The summed E-state index contributed by atoms with van der Waals surface area (Å²) < 4.78 is 10.1. The molecule has 0 bridgehead atoms. The summed E-state index contributed by atoms with van der Waals surface area (Å²) in [5.74, 6) is -0.294. The first kappa shape index (κ1) is 23.7. The van der Waals surface area contributed by atoms with Crippen LogP contribution in [0.1, 0.15) is 66.2 Å². The number of allylic oxidation sites excluding steroid dienone is 2. The molecule has 0 rings (SSSR count). The van der Waals surface area contributed by atoms with Crippen molar-refractivity contribution in [1.29, 1.82) is 0 Å². The number of hydrogen-bond donors (Lipinski definition) is 1. The van der Waals surface area contributed by atoms with E-state index >= 15 is 0 Å². The first-order valence-electron chi connectivity index (χ1n) is 9.59. The van der Waals surface area contributed by atoms with Crippen LogP contribution in [0.15, 0.2) is 21.3 Å². The van der Waals surface area contributed by atoms with Gasteiger partial charge in [-0.15, -0.1) is 0 Å². The molecule has 0 aliphatic rings. The average Bonchev–Trinajstić information content (AvgIpc) is 2.59. The molecule has 0 radical (unpaired) electrons. The Hall–Kier alpha value is -0.291. The zero-order valence-corrected chi connectivity index (χ0v) is 19.3. The van der Waals surface area contributed by atoms with E-state index in [4.69, 9.17) is 4.74 Å². The van der Waals surface area contributed by atoms with Crippen molar-refractivity contribution in [3.63, 3.8) is 0 Å². The third-order valence-corrected chi connectivity index (χ3v) is 21.0. The summed E-state index contributed by atoms with van der Waals surface area (Å²) in [5, 5.41) is 9.63. The fourth-order valence-electron chi connectivity index (χ4n) is 3.52. The van der Waals surface area contributed by atoms with Gasteiger partial charge in [0.1, 0.15) is 0 Å². The number of aliphatic hydroxyl groups excluding tert-OH is 1. The summed E-state index contributed by atoms with van der Waals surface area (Å²) in [6.45, 7) is 8.84. The predicted molar refractivity (Wildman–Crippen MR) is 106 cm³/mol. The van der Waals surface area contributed by atoms with Gasteiger partial charge in [-0.25, -0.2) is 0 Å². The summed E-state index contributed by atoms with van der Waals surface area (Å²) in [6.07, 6.45) is 11.0. The molecule has 0 aromatic rings. The van der Waals surface area contributed by atoms with Gasteiger partial charge in [-0.1, -0.05) is 0 Å². The van der Waals surface area contributed by atoms with Crippen LogP contribution in [0.5, 0.6) is 0 Å². The summed E-state index contributed by atoms with van der Waals surface area (Å²) >= 11 is -2.64. The van der Waals surface area contributed by atoms with Crippen LogP contribution >= 0.6 is 0 Å². The van der Waals surface area contributed by atoms with Gasteiger partial charge in [-0.2, -0.15) is 0 Å². The molecular weight excluding hydrogens is 407 g/mol. The number of carbonyl (C=O) groups is 1. The summed E-state index contributed by atoms with van der Waals surface area (Å²) in [5.41, 5.74) is 1.02. The second-order valence-electron chi connectivity index (χ2n) is 6.74. The number of carbonyl (C=O) groups excluding carboxylic acids is 1. The molecule has 0 amide bonds. The Morgan fingerprint density at radius 2 is 1.46 bits per heavy atom. The third-order valence-electron chi connectivity index (χ3n) is 4.85. The molecule has 24 heavy (non-hydrogen) atoms. The van der Waals surface area contributed by atoms with Gasteiger partial charge in [0.25, 0.3) is 0 Å². The minimum absolute atomic E-state index is 0.0602. The van der Waals surface area contributed by atoms with E-state index in [1.807, 2.05) is 13.0 Å². The van der Waals surface area contributed by atoms with Crippen molar-refractivity contribution in [2.24, 2.45) is 0 Å². The quantitative estimate of drug-likeness (QED) is 0.179. The van der Waals surface area contributed by atoms with Crippen LogP contribution < -0.4 is 0 Å². The molecule has 140 valence electrons. The molecule has 1 N–H and O–H groups in total. The summed E-state index contributed by atoms with van der Waals surface area (Å²) in [6, 6.07) is 0. The Bertz CT molecular complexity index is 391. The van der Waals surface area contributed by atoms with E-state index in [2.05, 4.69) is 20.8 Å². The zero-order chi connectivity index (χ0) is 18.4. The van der Waals surface area contributed by atoms with E-state index in [1.165, 1.54) is 62.5 Å². The first-order chi connectivity index (χ1) is 11.5. The second kappa shape index (κ2) is 13.9. The Morgan fingerprint density at radius 3 is 1.79 bits per heavy atom. The van der Waals surface area contributed by atoms with E-state index in [0.29, 0.717) is 0 Å². The van der Waals surface area contributed by atoms with Crippen molar-refractivity contribution in [3.8, 4) is 0 Å². The topological polar surface area (TPSA) is 46.5 Å². The monoisotopic (exact) mass is 446 g/mol. The Balaban J connectivity index is 5.87. The van der Waals surface area contributed by atoms with Gasteiger partial charge in [-0.05, 0) is 0 Å². The van der Waals surface area contributed by atoms with Crippen LogP contribution in [0.2, 0.25) is 13.3 Å². The molecular formula is C20H38O3Sn. The number of unbranched alkanes of at least 4 members (excludes halogenated alkanes) is 3. The van der Waals surface area contributed by atoms with Gasteiger partial charge in [0.2, 0.25) is 0 Å². The van der Waals surface area contributed by atoms with Crippen LogP contribution in [-0.4, -0.2) is 43.2 Å². The van der Waals surface area contributed by atoms with Crippen LogP contribution in [0.4, 0.5) is 0 Å². The maximum atomic E-state index is 11.7. The number of rotatable bonds is 13. The molecule has 0 aliphatic carbocycles. The number of aliphatic hydroxyl groups is 1. The number of hydrogen-bond acceptors (Lipinski definition) is 3. The Labute approximate surface area is 153 Å². The van der Waals surface area contributed by atoms with E-state index in [-0.39, 0.29) is 12.6 Å². The van der Waals surface area contributed by atoms with Crippen LogP contribution in [0.25, 0.3) is 0 Å². The van der Waals surface area contributed by atoms with Crippen molar-refractivity contribution in [2.75, 3.05) is 13.7 Å². The normalized spacial score (nSPS) is 13.2. The second-order valence-corrected chi connectivity index (χ2v) is 19.9. The molecule has 0 fully saturated rings. The van der Waals surface area contributed by atoms with Gasteiger partial charge in [0.15, 0.2) is 0 Å². The fraction of sp³-hybridized carbons (Fsp3) is 0.750. The Morgan fingerprint density at radius 1 is 1.00 bits per heavy atom. The van der Waals surface area contributed by atoms with E-state index in [1.54, 1.807) is 6.08 Å². The van der Waals surface area contributed by atoms with Crippen molar-refractivity contribution >= 4 is 24.3 Å². The molecule has 0 atom stereocenters. The molecule has 3 nitrogen and oxygen atoms in total. The average molecular weight is 445 g/mol. The maximum absolute atomic E-state index is 11.7. The standard InChI is InChI=1S/C8H11O3.3C4H9.Sn/c1-7(4-3-5-9)6-8(10)11-2;3*1-3-4-2;/h3,6,9H,5H2,1-2H3;3*1,3-4H2,2H3;/b4-3?,7-6+;;;;. The van der Waals surface area contributed by atoms with Gasteiger partial charge in [0.05, 0.1) is 0 Å². The number of ether oxygens (including phenoxy) is 1. The van der Waals surface area contributed by atoms with Crippen molar-refractivity contribution < 1.29 is 14.6 Å². The first-order valence-corrected chi connectivity index (χ1v) is 17.1. The molecule has 0 saturated carbocycles. The van der Waals surface area contributed by atoms with Crippen molar-refractivity contribution in [2.45, 2.75) is 79.5 Å². The molecule has 0 unspecified atom stereocenters. The molecule has 0 spiro atoms. The minimum atomic E-state index is -2.64. The molecule has 0 heterocycles. The van der Waals surface area contributed by atoms with Crippen molar-refractivity contribution in [3.05, 3.63) is 21.3 Å². The third kappa shape index (κ3) is 8.19. The van der Waals surface area contributed by atoms with Crippen LogP contribution in [0.3, 0.4) is 0 Å². The van der Waals surface area contributed by atoms with Gasteiger partial charge in [-0.3, -0.25) is 0 Å². The molecule has 0 aromatic heterocycles. The van der Waals surface area contributed by atoms with E-state index in [9.17, 15) is 9.90 Å². The number of esters is 1.